The fraction of sp³-hybridized carbons (Fsp3) is 0.474. The van der Waals surface area contributed by atoms with E-state index in [1.165, 1.54) is 11.3 Å². The predicted molar refractivity (Wildman–Crippen MR) is 109 cm³/mol. The first kappa shape index (κ1) is 20.1. The standard InChI is InChI=1S/C19H25N3O3S2/c1-4-27(24)17-8-6-5-7-16(17)18(23)21-19-20-15(12-26-19)11-22-9-13(2)25-14(3)10-22/h5-8,12-14H,4,9-11H2,1-3H3,(H,20,21,23). The SMILES string of the molecule is CCS(=O)c1ccccc1C(=O)Nc1nc(CN2CC(C)OC(C)C2)cs1. The first-order valence-corrected chi connectivity index (χ1v) is 11.3. The summed E-state index contributed by atoms with van der Waals surface area (Å²) in [4.78, 5) is 20.1. The molecule has 1 aromatic carbocycles. The number of carbonyl (C=O) groups excluding carboxylic acids is 1. The van der Waals surface area contributed by atoms with Crippen LogP contribution in [-0.2, 0) is 22.1 Å². The molecule has 3 atom stereocenters. The van der Waals surface area contributed by atoms with Gasteiger partial charge in [-0.25, -0.2) is 4.98 Å². The van der Waals surface area contributed by atoms with Gasteiger partial charge in [-0.15, -0.1) is 11.3 Å². The Morgan fingerprint density at radius 2 is 2.04 bits per heavy atom. The Kier molecular flexibility index (Phi) is 6.75. The smallest absolute Gasteiger partial charge is 0.258 e. The van der Waals surface area contributed by atoms with Crippen molar-refractivity contribution in [3.63, 3.8) is 0 Å². The number of hydrogen-bond donors (Lipinski definition) is 1. The van der Waals surface area contributed by atoms with Gasteiger partial charge in [0.2, 0.25) is 0 Å². The fourth-order valence-corrected chi connectivity index (χ4v) is 4.90. The molecule has 1 saturated heterocycles. The third kappa shape index (κ3) is 5.22. The zero-order valence-corrected chi connectivity index (χ0v) is 17.4. The number of anilines is 1. The molecule has 1 fully saturated rings. The third-order valence-corrected chi connectivity index (χ3v) is 6.47. The van der Waals surface area contributed by atoms with E-state index in [-0.39, 0.29) is 18.1 Å². The summed E-state index contributed by atoms with van der Waals surface area (Å²) in [6.07, 6.45) is 0.421. The van der Waals surface area contributed by atoms with Crippen molar-refractivity contribution >= 4 is 33.2 Å². The van der Waals surface area contributed by atoms with E-state index >= 15 is 0 Å². The third-order valence-electron chi connectivity index (χ3n) is 4.29. The molecule has 0 saturated carbocycles. The largest absolute Gasteiger partial charge is 0.373 e. The second-order valence-electron chi connectivity index (χ2n) is 6.68. The molecule has 1 aromatic heterocycles. The lowest BCUT2D eigenvalue weighted by molar-refractivity contribution is -0.0707. The molecular formula is C19H25N3O3S2. The molecule has 1 N–H and O–H groups in total. The lowest BCUT2D eigenvalue weighted by atomic mass is 10.2. The van der Waals surface area contributed by atoms with Crippen LogP contribution in [0, 0.1) is 0 Å². The lowest BCUT2D eigenvalue weighted by Gasteiger charge is -2.34. The number of nitrogens with one attached hydrogen (secondary N) is 1. The van der Waals surface area contributed by atoms with Crippen molar-refractivity contribution in [3.05, 3.63) is 40.9 Å². The van der Waals surface area contributed by atoms with Crippen LogP contribution in [0.25, 0.3) is 0 Å². The number of carbonyl (C=O) groups is 1. The second kappa shape index (κ2) is 9.05. The number of nitrogens with zero attached hydrogens (tertiary/aromatic N) is 2. The van der Waals surface area contributed by atoms with Crippen molar-refractivity contribution < 1.29 is 13.7 Å². The van der Waals surface area contributed by atoms with Crippen LogP contribution in [0.4, 0.5) is 5.13 Å². The zero-order valence-electron chi connectivity index (χ0n) is 15.8. The van der Waals surface area contributed by atoms with Crippen LogP contribution in [-0.4, -0.2) is 51.1 Å². The van der Waals surface area contributed by atoms with Gasteiger partial charge < -0.3 is 4.74 Å². The maximum absolute atomic E-state index is 12.6. The van der Waals surface area contributed by atoms with Gasteiger partial charge in [-0.2, -0.15) is 0 Å². The van der Waals surface area contributed by atoms with E-state index in [0.29, 0.717) is 21.3 Å². The van der Waals surface area contributed by atoms with Crippen molar-refractivity contribution in [1.82, 2.24) is 9.88 Å². The van der Waals surface area contributed by atoms with Crippen LogP contribution >= 0.6 is 11.3 Å². The number of amides is 1. The number of rotatable bonds is 6. The highest BCUT2D eigenvalue weighted by molar-refractivity contribution is 7.85. The molecule has 0 aliphatic carbocycles. The minimum absolute atomic E-state index is 0.211. The van der Waals surface area contributed by atoms with Crippen LogP contribution in [0.15, 0.2) is 34.5 Å². The molecule has 2 aromatic rings. The molecule has 3 rings (SSSR count). The molecular weight excluding hydrogens is 382 g/mol. The normalized spacial score (nSPS) is 21.7. The van der Waals surface area contributed by atoms with Gasteiger partial charge >= 0.3 is 0 Å². The summed E-state index contributed by atoms with van der Waals surface area (Å²) in [6, 6.07) is 7.01. The van der Waals surface area contributed by atoms with E-state index in [1.807, 2.05) is 12.3 Å². The van der Waals surface area contributed by atoms with Crippen molar-refractivity contribution in [3.8, 4) is 0 Å². The van der Waals surface area contributed by atoms with E-state index in [0.717, 1.165) is 25.3 Å². The minimum atomic E-state index is -1.18. The van der Waals surface area contributed by atoms with Crippen molar-refractivity contribution in [2.75, 3.05) is 24.2 Å². The molecule has 3 unspecified atom stereocenters. The van der Waals surface area contributed by atoms with Crippen LogP contribution < -0.4 is 5.32 Å². The molecule has 1 aliphatic rings. The average Bonchev–Trinajstić information content (AvgIpc) is 3.06. The molecule has 146 valence electrons. The average molecular weight is 408 g/mol. The number of ether oxygens (including phenoxy) is 1. The number of aromatic nitrogens is 1. The maximum Gasteiger partial charge on any atom is 0.258 e. The molecule has 1 aliphatic heterocycles. The van der Waals surface area contributed by atoms with Crippen LogP contribution in [0.1, 0.15) is 36.8 Å². The van der Waals surface area contributed by atoms with E-state index in [4.69, 9.17) is 4.74 Å². The summed E-state index contributed by atoms with van der Waals surface area (Å²) in [5, 5.41) is 5.37. The zero-order chi connectivity index (χ0) is 19.4. The van der Waals surface area contributed by atoms with Gasteiger partial charge in [0.25, 0.3) is 5.91 Å². The minimum Gasteiger partial charge on any atom is -0.373 e. The number of benzene rings is 1. The van der Waals surface area contributed by atoms with E-state index < -0.39 is 10.8 Å². The Hall–Kier alpha value is -1.61. The quantitative estimate of drug-likeness (QED) is 0.797. The summed E-state index contributed by atoms with van der Waals surface area (Å²) in [5.74, 6) is 0.198. The van der Waals surface area contributed by atoms with Crippen molar-refractivity contribution in [2.24, 2.45) is 0 Å². The first-order chi connectivity index (χ1) is 13.0. The lowest BCUT2D eigenvalue weighted by Crippen LogP contribution is -2.44. The summed E-state index contributed by atoms with van der Waals surface area (Å²) in [5.41, 5.74) is 1.37. The summed E-state index contributed by atoms with van der Waals surface area (Å²) < 4.78 is 17.9. The maximum atomic E-state index is 12.6. The van der Waals surface area contributed by atoms with Gasteiger partial charge in [-0.05, 0) is 26.0 Å². The highest BCUT2D eigenvalue weighted by Crippen LogP contribution is 2.21. The Balaban J connectivity index is 1.66. The van der Waals surface area contributed by atoms with E-state index in [9.17, 15) is 9.00 Å². The topological polar surface area (TPSA) is 71.5 Å². The van der Waals surface area contributed by atoms with Crippen LogP contribution in [0.5, 0.6) is 0 Å². The van der Waals surface area contributed by atoms with Gasteiger partial charge in [0.05, 0.1) is 39.2 Å². The Morgan fingerprint density at radius 1 is 1.33 bits per heavy atom. The monoisotopic (exact) mass is 407 g/mol. The van der Waals surface area contributed by atoms with Crippen LogP contribution in [0.3, 0.4) is 0 Å². The molecule has 8 heteroatoms. The van der Waals surface area contributed by atoms with E-state index in [2.05, 4.69) is 29.0 Å². The van der Waals surface area contributed by atoms with Gasteiger partial charge in [0.1, 0.15) is 0 Å². The first-order valence-electron chi connectivity index (χ1n) is 9.07. The molecule has 0 bridgehead atoms. The predicted octanol–water partition coefficient (Wildman–Crippen LogP) is 3.13. The summed E-state index contributed by atoms with van der Waals surface area (Å²) in [7, 11) is -1.18. The van der Waals surface area contributed by atoms with Gasteiger partial charge in [-0.3, -0.25) is 19.2 Å². The second-order valence-corrected chi connectivity index (χ2v) is 9.25. The fourth-order valence-electron chi connectivity index (χ4n) is 3.25. The van der Waals surface area contributed by atoms with E-state index in [1.54, 1.807) is 24.3 Å². The number of hydrogen-bond acceptors (Lipinski definition) is 6. The molecule has 0 radical (unpaired) electrons. The van der Waals surface area contributed by atoms with Gasteiger partial charge in [-0.1, -0.05) is 19.1 Å². The van der Waals surface area contributed by atoms with Gasteiger partial charge in [0, 0.05) is 30.8 Å². The molecule has 1 amide bonds. The molecule has 27 heavy (non-hydrogen) atoms. The Bertz CT molecular complexity index is 814. The molecule has 6 nitrogen and oxygen atoms in total. The Morgan fingerprint density at radius 3 is 2.74 bits per heavy atom. The highest BCUT2D eigenvalue weighted by atomic mass is 32.2. The van der Waals surface area contributed by atoms with Gasteiger partial charge in [0.15, 0.2) is 5.13 Å². The van der Waals surface area contributed by atoms with Crippen molar-refractivity contribution in [1.29, 1.82) is 0 Å². The summed E-state index contributed by atoms with van der Waals surface area (Å²) >= 11 is 1.41. The molecule has 0 spiro atoms. The number of morpholine rings is 1. The summed E-state index contributed by atoms with van der Waals surface area (Å²) in [6.45, 7) is 8.48. The Labute approximate surface area is 166 Å². The number of thiazole rings is 1. The highest BCUT2D eigenvalue weighted by Gasteiger charge is 2.23. The van der Waals surface area contributed by atoms with Crippen molar-refractivity contribution in [2.45, 2.75) is 44.4 Å². The van der Waals surface area contributed by atoms with Crippen LogP contribution in [0.2, 0.25) is 0 Å². The molecule has 2 heterocycles.